The molecule has 2 fully saturated rings. The Bertz CT molecular complexity index is 624. The van der Waals surface area contributed by atoms with Crippen LogP contribution in [0.2, 0.25) is 0 Å². The van der Waals surface area contributed by atoms with E-state index in [1.165, 1.54) is 0 Å². The van der Waals surface area contributed by atoms with Crippen molar-refractivity contribution in [3.63, 3.8) is 0 Å². The van der Waals surface area contributed by atoms with Gasteiger partial charge in [0.25, 0.3) is 0 Å². The van der Waals surface area contributed by atoms with E-state index in [-0.39, 0.29) is 11.8 Å². The third-order valence-corrected chi connectivity index (χ3v) is 4.97. The molecular formula is C16H25N5O2. The van der Waals surface area contributed by atoms with E-state index in [4.69, 9.17) is 0 Å². The Morgan fingerprint density at radius 1 is 1.35 bits per heavy atom. The van der Waals surface area contributed by atoms with E-state index in [0.717, 1.165) is 43.3 Å². The molecule has 3 heterocycles. The lowest BCUT2D eigenvalue weighted by Crippen LogP contribution is -2.40. The number of fused-ring (bicyclic) bond motifs is 1. The lowest BCUT2D eigenvalue weighted by atomic mass is 9.89. The molecule has 1 aromatic rings. The molecule has 0 radical (unpaired) electrons. The van der Waals surface area contributed by atoms with E-state index in [1.54, 1.807) is 0 Å². The van der Waals surface area contributed by atoms with Gasteiger partial charge in [0.1, 0.15) is 0 Å². The van der Waals surface area contributed by atoms with Crippen LogP contribution in [-0.4, -0.2) is 52.7 Å². The Morgan fingerprint density at radius 3 is 2.78 bits per heavy atom. The molecule has 2 aliphatic heterocycles. The number of piperidine rings is 1. The first kappa shape index (κ1) is 16.0. The number of likely N-dealkylation sites (tertiary alicyclic amines) is 1. The maximum absolute atomic E-state index is 12.4. The van der Waals surface area contributed by atoms with Gasteiger partial charge in [-0.25, -0.2) is 0 Å². The highest BCUT2D eigenvalue weighted by atomic mass is 16.2. The van der Waals surface area contributed by atoms with Crippen LogP contribution < -0.4 is 10.6 Å². The van der Waals surface area contributed by atoms with E-state index in [1.807, 2.05) is 25.5 Å². The predicted molar refractivity (Wildman–Crippen MR) is 87.1 cm³/mol. The maximum Gasteiger partial charge on any atom is 0.238 e. The summed E-state index contributed by atoms with van der Waals surface area (Å²) in [6.45, 7) is 9.53. The van der Waals surface area contributed by atoms with Gasteiger partial charge < -0.3 is 10.6 Å². The molecule has 2 atom stereocenters. The molecule has 0 bridgehead atoms. The molecule has 2 amide bonds. The summed E-state index contributed by atoms with van der Waals surface area (Å²) in [5.41, 5.74) is 2.66. The number of carbonyl (C=O) groups excluding carboxylic acids is 2. The van der Waals surface area contributed by atoms with Crippen molar-refractivity contribution in [1.29, 1.82) is 0 Å². The fourth-order valence-corrected chi connectivity index (χ4v) is 3.75. The van der Waals surface area contributed by atoms with Gasteiger partial charge in [0, 0.05) is 32.6 Å². The molecule has 0 aromatic carbocycles. The minimum absolute atomic E-state index is 0.00946. The lowest BCUT2D eigenvalue weighted by molar-refractivity contribution is -0.124. The Balaban J connectivity index is 1.58. The van der Waals surface area contributed by atoms with E-state index in [0.29, 0.717) is 24.8 Å². The van der Waals surface area contributed by atoms with Crippen LogP contribution in [0.3, 0.4) is 0 Å². The maximum atomic E-state index is 12.4. The average Bonchev–Trinajstić information content (AvgIpc) is 3.01. The van der Waals surface area contributed by atoms with Crippen LogP contribution in [0.4, 0.5) is 5.69 Å². The minimum atomic E-state index is -0.00946. The van der Waals surface area contributed by atoms with Crippen molar-refractivity contribution >= 4 is 17.5 Å². The summed E-state index contributed by atoms with van der Waals surface area (Å²) in [4.78, 5) is 26.0. The number of aromatic nitrogens is 2. The van der Waals surface area contributed by atoms with Crippen molar-refractivity contribution in [2.24, 2.45) is 11.8 Å². The minimum Gasteiger partial charge on any atom is -0.356 e. The van der Waals surface area contributed by atoms with Crippen LogP contribution in [0, 0.1) is 25.7 Å². The van der Waals surface area contributed by atoms with Gasteiger partial charge in [-0.15, -0.1) is 0 Å². The number of rotatable bonds is 4. The standard InChI is InChI=1S/C16H25N5O2/c1-4-21-11(3)16(10(2)19-21)18-15(23)9-20-7-12-5-14(22)17-6-13(12)8-20/h12-13H,4-9H2,1-3H3,(H,17,22)(H,18,23)/t12-,13+/m1/s1. The lowest BCUT2D eigenvalue weighted by Gasteiger charge is -2.23. The number of carbonyl (C=O) groups is 2. The van der Waals surface area contributed by atoms with E-state index in [2.05, 4.69) is 20.6 Å². The zero-order chi connectivity index (χ0) is 16.6. The summed E-state index contributed by atoms with van der Waals surface area (Å²) < 4.78 is 1.90. The molecule has 2 N–H and O–H groups in total. The number of nitrogens with zero attached hydrogens (tertiary/aromatic N) is 3. The van der Waals surface area contributed by atoms with Gasteiger partial charge >= 0.3 is 0 Å². The second-order valence-corrected chi connectivity index (χ2v) is 6.63. The number of anilines is 1. The van der Waals surface area contributed by atoms with Crippen LogP contribution >= 0.6 is 0 Å². The van der Waals surface area contributed by atoms with Crippen LogP contribution in [0.15, 0.2) is 0 Å². The van der Waals surface area contributed by atoms with Gasteiger partial charge in [-0.2, -0.15) is 5.10 Å². The van der Waals surface area contributed by atoms with E-state index < -0.39 is 0 Å². The Labute approximate surface area is 136 Å². The van der Waals surface area contributed by atoms with Gasteiger partial charge in [0.2, 0.25) is 11.8 Å². The summed E-state index contributed by atoms with van der Waals surface area (Å²) in [6, 6.07) is 0. The fraction of sp³-hybridized carbons (Fsp3) is 0.688. The second-order valence-electron chi connectivity index (χ2n) is 6.63. The molecule has 0 unspecified atom stereocenters. The normalized spacial score (nSPS) is 24.4. The molecule has 2 aliphatic rings. The van der Waals surface area contributed by atoms with Crippen LogP contribution in [0.1, 0.15) is 24.7 Å². The number of amides is 2. The number of hydrogen-bond donors (Lipinski definition) is 2. The molecule has 7 heteroatoms. The molecule has 0 aliphatic carbocycles. The van der Waals surface area contributed by atoms with Gasteiger partial charge in [-0.1, -0.05) is 0 Å². The molecule has 126 valence electrons. The van der Waals surface area contributed by atoms with Crippen molar-refractivity contribution < 1.29 is 9.59 Å². The van der Waals surface area contributed by atoms with Crippen LogP contribution in [0.25, 0.3) is 0 Å². The Morgan fingerprint density at radius 2 is 2.09 bits per heavy atom. The zero-order valence-corrected chi connectivity index (χ0v) is 14.1. The van der Waals surface area contributed by atoms with Crippen molar-refractivity contribution in [3.8, 4) is 0 Å². The second kappa shape index (κ2) is 6.31. The van der Waals surface area contributed by atoms with Gasteiger partial charge in [0.15, 0.2) is 0 Å². The first-order valence-electron chi connectivity index (χ1n) is 8.30. The van der Waals surface area contributed by atoms with Gasteiger partial charge in [-0.3, -0.25) is 19.2 Å². The van der Waals surface area contributed by atoms with Crippen molar-refractivity contribution in [2.75, 3.05) is 31.5 Å². The monoisotopic (exact) mass is 319 g/mol. The summed E-state index contributed by atoms with van der Waals surface area (Å²) in [5, 5.41) is 10.3. The van der Waals surface area contributed by atoms with Crippen LogP contribution in [0.5, 0.6) is 0 Å². The SMILES string of the molecule is CCn1nc(C)c(NC(=O)CN2C[C@H]3CC(=O)NC[C@H]3C2)c1C. The third-order valence-electron chi connectivity index (χ3n) is 4.97. The van der Waals surface area contributed by atoms with Gasteiger partial charge in [0.05, 0.1) is 23.6 Å². The molecular weight excluding hydrogens is 294 g/mol. The number of hydrogen-bond acceptors (Lipinski definition) is 4. The highest BCUT2D eigenvalue weighted by Crippen LogP contribution is 2.28. The number of nitrogens with one attached hydrogen (secondary N) is 2. The van der Waals surface area contributed by atoms with Gasteiger partial charge in [-0.05, 0) is 32.6 Å². The topological polar surface area (TPSA) is 79.3 Å². The molecule has 3 rings (SSSR count). The van der Waals surface area contributed by atoms with E-state index >= 15 is 0 Å². The molecule has 0 saturated carbocycles. The molecule has 2 saturated heterocycles. The first-order chi connectivity index (χ1) is 11.0. The van der Waals surface area contributed by atoms with Crippen molar-refractivity contribution in [1.82, 2.24) is 20.0 Å². The summed E-state index contributed by atoms with van der Waals surface area (Å²) >= 11 is 0. The highest BCUT2D eigenvalue weighted by molar-refractivity contribution is 5.93. The largest absolute Gasteiger partial charge is 0.356 e. The highest BCUT2D eigenvalue weighted by Gasteiger charge is 2.37. The summed E-state index contributed by atoms with van der Waals surface area (Å²) in [5.74, 6) is 0.996. The zero-order valence-electron chi connectivity index (χ0n) is 14.1. The molecule has 0 spiro atoms. The van der Waals surface area contributed by atoms with Crippen molar-refractivity contribution in [3.05, 3.63) is 11.4 Å². The third kappa shape index (κ3) is 3.24. The summed E-state index contributed by atoms with van der Waals surface area (Å²) in [7, 11) is 0. The molecule has 7 nitrogen and oxygen atoms in total. The quantitative estimate of drug-likeness (QED) is 0.848. The smallest absolute Gasteiger partial charge is 0.238 e. The first-order valence-corrected chi connectivity index (χ1v) is 8.30. The fourth-order valence-electron chi connectivity index (χ4n) is 3.75. The van der Waals surface area contributed by atoms with Crippen molar-refractivity contribution in [2.45, 2.75) is 33.7 Å². The average molecular weight is 319 g/mol. The number of aryl methyl sites for hydroxylation is 2. The van der Waals surface area contributed by atoms with Crippen LogP contribution in [-0.2, 0) is 16.1 Å². The Hall–Kier alpha value is -1.89. The molecule has 1 aromatic heterocycles. The van der Waals surface area contributed by atoms with E-state index in [9.17, 15) is 9.59 Å². The summed E-state index contributed by atoms with van der Waals surface area (Å²) in [6.07, 6.45) is 0.588. The Kier molecular flexibility index (Phi) is 4.39. The molecule has 23 heavy (non-hydrogen) atoms. The predicted octanol–water partition coefficient (Wildman–Crippen LogP) is 0.526.